The molecule has 0 aromatic carbocycles. The third-order valence-corrected chi connectivity index (χ3v) is 4.51. The Morgan fingerprint density at radius 1 is 0.870 bits per heavy atom. The molecule has 144 valence electrons. The summed E-state index contributed by atoms with van der Waals surface area (Å²) in [5.41, 5.74) is 0. The first-order chi connectivity index (χ1) is 10.2. The Bertz CT molecular complexity index is 317. The zero-order chi connectivity index (χ0) is 18.2. The molecular formula is C15H32F6NP. The van der Waals surface area contributed by atoms with E-state index >= 15 is 0 Å². The number of quaternary nitrogens is 1. The van der Waals surface area contributed by atoms with Crippen LogP contribution in [0.2, 0.25) is 0 Å². The maximum absolute atomic E-state index is 10.7. The number of rotatable bonds is 7. The van der Waals surface area contributed by atoms with Crippen LogP contribution >= 0.6 is 7.81 Å². The number of piperidine rings is 1. The fraction of sp³-hybridized carbons (Fsp3) is 1.00. The minimum atomic E-state index is -10.7. The number of unbranched alkanes of at least 4 members (excludes halogenated alkanes) is 5. The fourth-order valence-electron chi connectivity index (χ4n) is 3.02. The number of likely N-dealkylation sites (tertiary alicyclic amines) is 1. The number of nitrogens with one attached hydrogen (secondary N) is 1. The van der Waals surface area contributed by atoms with Crippen molar-refractivity contribution < 1.29 is 30.1 Å². The first-order valence-electron chi connectivity index (χ1n) is 8.61. The summed E-state index contributed by atoms with van der Waals surface area (Å²) in [7, 11) is -10.7. The van der Waals surface area contributed by atoms with Crippen LogP contribution in [-0.2, 0) is 0 Å². The van der Waals surface area contributed by atoms with Crippen molar-refractivity contribution in [1.29, 1.82) is 0 Å². The second kappa shape index (κ2) is 8.37. The number of halogens is 6. The van der Waals surface area contributed by atoms with Gasteiger partial charge in [-0.15, -0.1) is 0 Å². The van der Waals surface area contributed by atoms with E-state index in [2.05, 4.69) is 20.8 Å². The monoisotopic (exact) mass is 371 g/mol. The van der Waals surface area contributed by atoms with Crippen LogP contribution in [0, 0.1) is 5.92 Å². The van der Waals surface area contributed by atoms with Gasteiger partial charge in [-0.1, -0.05) is 39.5 Å². The van der Waals surface area contributed by atoms with E-state index < -0.39 is 7.81 Å². The average Bonchev–Trinajstić information content (AvgIpc) is 2.35. The van der Waals surface area contributed by atoms with Crippen molar-refractivity contribution in [3.63, 3.8) is 0 Å². The summed E-state index contributed by atoms with van der Waals surface area (Å²) < 4.78 is 59.2. The van der Waals surface area contributed by atoms with Gasteiger partial charge in [-0.2, -0.15) is 0 Å². The third-order valence-electron chi connectivity index (χ3n) is 4.51. The minimum absolute atomic E-state index is 0.907. The average molecular weight is 371 g/mol. The molecule has 0 bridgehead atoms. The van der Waals surface area contributed by atoms with Crippen molar-refractivity contribution in [2.24, 2.45) is 5.92 Å². The molecule has 23 heavy (non-hydrogen) atoms. The van der Waals surface area contributed by atoms with Crippen LogP contribution in [0.1, 0.15) is 72.1 Å². The number of hydrogen-bond donors (Lipinski definition) is 1. The van der Waals surface area contributed by atoms with Crippen LogP contribution in [-0.4, -0.2) is 19.1 Å². The van der Waals surface area contributed by atoms with Crippen molar-refractivity contribution in [1.82, 2.24) is 0 Å². The molecule has 1 aliphatic rings. The van der Waals surface area contributed by atoms with Crippen LogP contribution < -0.4 is 4.90 Å². The molecule has 1 N–H and O–H groups in total. The molecule has 3 unspecified atom stereocenters. The normalized spacial score (nSPS) is 28.3. The molecule has 1 nitrogen and oxygen atoms in total. The summed E-state index contributed by atoms with van der Waals surface area (Å²) in [6.45, 7) is 10.0. The van der Waals surface area contributed by atoms with E-state index in [-0.39, 0.29) is 0 Å². The Hall–Kier alpha value is -0.0300. The van der Waals surface area contributed by atoms with Crippen molar-refractivity contribution in [3.05, 3.63) is 0 Å². The van der Waals surface area contributed by atoms with Gasteiger partial charge in [-0.05, 0) is 32.6 Å². The van der Waals surface area contributed by atoms with E-state index in [9.17, 15) is 25.2 Å². The zero-order valence-electron chi connectivity index (χ0n) is 14.4. The zero-order valence-corrected chi connectivity index (χ0v) is 15.3. The van der Waals surface area contributed by atoms with Crippen LogP contribution in [0.15, 0.2) is 0 Å². The Labute approximate surface area is 136 Å². The van der Waals surface area contributed by atoms with Gasteiger partial charge in [0.25, 0.3) is 0 Å². The molecule has 8 heteroatoms. The van der Waals surface area contributed by atoms with Crippen molar-refractivity contribution in [2.45, 2.75) is 78.2 Å². The number of hydrogen-bond acceptors (Lipinski definition) is 0. The first-order valence-corrected chi connectivity index (χ1v) is 10.6. The SMILES string of the molecule is CCCCCCCC[NH+]1CCCC(C)C1C.F[P-](F)(F)(F)(F)F. The molecule has 0 saturated carbocycles. The summed E-state index contributed by atoms with van der Waals surface area (Å²) in [4.78, 5) is 1.88. The van der Waals surface area contributed by atoms with Gasteiger partial charge in [0, 0.05) is 5.92 Å². The van der Waals surface area contributed by atoms with E-state index in [0.717, 1.165) is 12.0 Å². The van der Waals surface area contributed by atoms with Crippen LogP contribution in [0.4, 0.5) is 25.2 Å². The van der Waals surface area contributed by atoms with Crippen molar-refractivity contribution >= 4 is 7.81 Å². The summed E-state index contributed by atoms with van der Waals surface area (Å²) in [5, 5.41) is 0. The second-order valence-corrected chi connectivity index (χ2v) is 8.71. The van der Waals surface area contributed by atoms with Gasteiger partial charge in [-0.25, -0.2) is 0 Å². The third kappa shape index (κ3) is 18.2. The van der Waals surface area contributed by atoms with Crippen molar-refractivity contribution in [2.75, 3.05) is 13.1 Å². The molecule has 1 rings (SSSR count). The molecule has 0 radical (unpaired) electrons. The van der Waals surface area contributed by atoms with Crippen molar-refractivity contribution in [3.8, 4) is 0 Å². The summed E-state index contributed by atoms with van der Waals surface area (Å²) in [5.74, 6) is 0.948. The van der Waals surface area contributed by atoms with Gasteiger partial charge in [0.15, 0.2) is 0 Å². The van der Waals surface area contributed by atoms with Gasteiger partial charge in [0.1, 0.15) is 0 Å². The molecule has 0 aromatic rings. The molecule has 0 aliphatic carbocycles. The molecule has 0 amide bonds. The molecule has 0 spiro atoms. The standard InChI is InChI=1S/C15H31N.F6P/c1-4-5-6-7-8-9-12-16-13-10-11-14(2)15(16)3;1-7(2,3,4,5)6/h14-15H,4-13H2,1-3H3;/q;-1/p+1. The van der Waals surface area contributed by atoms with Gasteiger partial charge >= 0.3 is 33.0 Å². The molecule has 3 atom stereocenters. The summed E-state index contributed by atoms with van der Waals surface area (Å²) in [6.07, 6.45) is 11.6. The van der Waals surface area contributed by atoms with Crippen LogP contribution in [0.5, 0.6) is 0 Å². The van der Waals surface area contributed by atoms with E-state index in [1.807, 2.05) is 4.90 Å². The van der Waals surface area contributed by atoms with Gasteiger partial charge in [0.05, 0.1) is 19.1 Å². The Kier molecular flexibility index (Phi) is 8.36. The molecule has 1 aliphatic heterocycles. The van der Waals surface area contributed by atoms with E-state index in [0.29, 0.717) is 0 Å². The van der Waals surface area contributed by atoms with Crippen LogP contribution in [0.25, 0.3) is 0 Å². The Morgan fingerprint density at radius 3 is 1.87 bits per heavy atom. The summed E-state index contributed by atoms with van der Waals surface area (Å²) in [6, 6.07) is 0.907. The maximum atomic E-state index is 9.87. The molecular weight excluding hydrogens is 339 g/mol. The Balaban J connectivity index is 0.000000585. The topological polar surface area (TPSA) is 4.44 Å². The first kappa shape index (κ1) is 23.0. The van der Waals surface area contributed by atoms with E-state index in [1.54, 1.807) is 0 Å². The van der Waals surface area contributed by atoms with Gasteiger partial charge in [0.2, 0.25) is 0 Å². The molecule has 0 aromatic heterocycles. The van der Waals surface area contributed by atoms with Gasteiger partial charge in [-0.3, -0.25) is 0 Å². The Morgan fingerprint density at radius 2 is 1.35 bits per heavy atom. The molecule has 1 fully saturated rings. The molecule has 1 saturated heterocycles. The quantitative estimate of drug-likeness (QED) is 0.299. The van der Waals surface area contributed by atoms with E-state index in [4.69, 9.17) is 0 Å². The van der Waals surface area contributed by atoms with E-state index in [1.165, 1.54) is 64.5 Å². The molecule has 1 heterocycles. The predicted molar refractivity (Wildman–Crippen MR) is 85.5 cm³/mol. The second-order valence-electron chi connectivity index (χ2n) is 6.79. The fourth-order valence-corrected chi connectivity index (χ4v) is 3.02. The predicted octanol–water partition coefficient (Wildman–Crippen LogP) is 6.43. The summed E-state index contributed by atoms with van der Waals surface area (Å²) >= 11 is 0. The van der Waals surface area contributed by atoms with Crippen LogP contribution in [0.3, 0.4) is 0 Å². The van der Waals surface area contributed by atoms with Gasteiger partial charge < -0.3 is 4.90 Å².